The zero-order valence-corrected chi connectivity index (χ0v) is 7.85. The zero-order valence-electron chi connectivity index (χ0n) is 7.85. The molecular formula is C10H11FO2. The quantitative estimate of drug-likeness (QED) is 0.656. The molecule has 0 saturated carbocycles. The third-order valence-corrected chi connectivity index (χ3v) is 1.84. The van der Waals surface area contributed by atoms with Gasteiger partial charge in [-0.15, -0.1) is 0 Å². The minimum atomic E-state index is -0.493. The molecule has 0 aromatic heterocycles. The Bertz CT molecular complexity index is 322. The number of rotatable bonds is 2. The fourth-order valence-corrected chi connectivity index (χ4v) is 1.19. The number of carbonyl (C=O) groups is 1. The van der Waals surface area contributed by atoms with Crippen LogP contribution >= 0.6 is 0 Å². The van der Waals surface area contributed by atoms with Gasteiger partial charge in [0.25, 0.3) is 0 Å². The van der Waals surface area contributed by atoms with Gasteiger partial charge in [-0.1, -0.05) is 0 Å². The molecule has 1 aromatic rings. The van der Waals surface area contributed by atoms with E-state index in [0.717, 1.165) is 0 Å². The first-order valence-corrected chi connectivity index (χ1v) is 3.91. The fourth-order valence-electron chi connectivity index (χ4n) is 1.19. The van der Waals surface area contributed by atoms with Gasteiger partial charge in [0.2, 0.25) is 0 Å². The summed E-state index contributed by atoms with van der Waals surface area (Å²) < 4.78 is 18.0. The smallest absolute Gasteiger partial charge is 0.166 e. The van der Waals surface area contributed by atoms with E-state index in [9.17, 15) is 9.18 Å². The monoisotopic (exact) mass is 182 g/mol. The van der Waals surface area contributed by atoms with Crippen molar-refractivity contribution in [2.75, 3.05) is 7.11 Å². The van der Waals surface area contributed by atoms with Crippen molar-refractivity contribution in [2.45, 2.75) is 13.8 Å². The molecule has 0 bridgehead atoms. The Morgan fingerprint density at radius 2 is 2.08 bits per heavy atom. The minimum absolute atomic E-state index is 0.148. The molecule has 0 spiro atoms. The van der Waals surface area contributed by atoms with Crippen LogP contribution in [-0.2, 0) is 0 Å². The Hall–Kier alpha value is -1.38. The summed E-state index contributed by atoms with van der Waals surface area (Å²) in [7, 11) is 1.40. The van der Waals surface area contributed by atoms with Gasteiger partial charge in [0.15, 0.2) is 17.3 Å². The largest absolute Gasteiger partial charge is 0.493 e. The lowest BCUT2D eigenvalue weighted by molar-refractivity contribution is 0.101. The van der Waals surface area contributed by atoms with Gasteiger partial charge >= 0.3 is 0 Å². The van der Waals surface area contributed by atoms with E-state index in [1.165, 1.54) is 20.1 Å². The summed E-state index contributed by atoms with van der Waals surface area (Å²) in [6, 6.07) is 2.80. The van der Waals surface area contributed by atoms with Crippen LogP contribution in [0.3, 0.4) is 0 Å². The lowest BCUT2D eigenvalue weighted by atomic mass is 10.1. The van der Waals surface area contributed by atoms with Crippen molar-refractivity contribution in [3.05, 3.63) is 29.1 Å². The number of benzene rings is 1. The van der Waals surface area contributed by atoms with Crippen LogP contribution in [0.4, 0.5) is 4.39 Å². The Morgan fingerprint density at radius 3 is 2.46 bits per heavy atom. The summed E-state index contributed by atoms with van der Waals surface area (Å²) in [5, 5.41) is 0. The van der Waals surface area contributed by atoms with Crippen molar-refractivity contribution in [3.8, 4) is 5.75 Å². The lowest BCUT2D eigenvalue weighted by Crippen LogP contribution is -1.98. The van der Waals surface area contributed by atoms with E-state index in [0.29, 0.717) is 11.1 Å². The molecule has 0 N–H and O–H groups in total. The number of methoxy groups -OCH3 is 1. The van der Waals surface area contributed by atoms with Crippen LogP contribution in [0.1, 0.15) is 22.8 Å². The van der Waals surface area contributed by atoms with Crippen molar-refractivity contribution < 1.29 is 13.9 Å². The summed E-state index contributed by atoms with van der Waals surface area (Å²) in [6.07, 6.45) is 0. The average Bonchev–Trinajstić information content (AvgIpc) is 2.03. The summed E-state index contributed by atoms with van der Waals surface area (Å²) in [4.78, 5) is 10.9. The topological polar surface area (TPSA) is 26.3 Å². The molecule has 1 rings (SSSR count). The molecule has 0 aliphatic heterocycles. The van der Waals surface area contributed by atoms with Crippen molar-refractivity contribution in [1.29, 1.82) is 0 Å². The second kappa shape index (κ2) is 3.56. The van der Waals surface area contributed by atoms with Gasteiger partial charge in [0.1, 0.15) is 0 Å². The standard InChI is InChI=1S/C10H11FO2/c1-6-4-8(7(2)12)5-9(11)10(6)13-3/h4-5H,1-3H3. The van der Waals surface area contributed by atoms with Crippen molar-refractivity contribution in [1.82, 2.24) is 0 Å². The molecule has 0 atom stereocenters. The fraction of sp³-hybridized carbons (Fsp3) is 0.300. The van der Waals surface area contributed by atoms with Gasteiger partial charge in [-0.05, 0) is 31.5 Å². The minimum Gasteiger partial charge on any atom is -0.493 e. The molecule has 13 heavy (non-hydrogen) atoms. The van der Waals surface area contributed by atoms with Gasteiger partial charge < -0.3 is 4.74 Å². The highest BCUT2D eigenvalue weighted by Crippen LogP contribution is 2.23. The van der Waals surface area contributed by atoms with Gasteiger partial charge in [0, 0.05) is 5.56 Å². The molecule has 0 aliphatic carbocycles. The summed E-state index contributed by atoms with van der Waals surface area (Å²) >= 11 is 0. The van der Waals surface area contributed by atoms with Crippen LogP contribution in [0.25, 0.3) is 0 Å². The number of aryl methyl sites for hydroxylation is 1. The van der Waals surface area contributed by atoms with E-state index in [-0.39, 0.29) is 11.5 Å². The van der Waals surface area contributed by atoms with E-state index < -0.39 is 5.82 Å². The molecule has 0 saturated heterocycles. The molecule has 1 aromatic carbocycles. The molecule has 70 valence electrons. The van der Waals surface area contributed by atoms with Crippen molar-refractivity contribution in [2.24, 2.45) is 0 Å². The van der Waals surface area contributed by atoms with Crippen LogP contribution in [-0.4, -0.2) is 12.9 Å². The Balaban J connectivity index is 3.28. The zero-order chi connectivity index (χ0) is 10.0. The van der Waals surface area contributed by atoms with Crippen molar-refractivity contribution in [3.63, 3.8) is 0 Å². The van der Waals surface area contributed by atoms with Gasteiger partial charge in [-0.25, -0.2) is 4.39 Å². The van der Waals surface area contributed by atoms with E-state index in [1.54, 1.807) is 13.0 Å². The first-order valence-electron chi connectivity index (χ1n) is 3.91. The first kappa shape index (κ1) is 9.71. The van der Waals surface area contributed by atoms with E-state index in [2.05, 4.69) is 0 Å². The third kappa shape index (κ3) is 1.86. The van der Waals surface area contributed by atoms with Crippen LogP contribution in [0.2, 0.25) is 0 Å². The van der Waals surface area contributed by atoms with E-state index in [1.807, 2.05) is 0 Å². The van der Waals surface area contributed by atoms with Gasteiger partial charge in [-0.3, -0.25) is 4.79 Å². The van der Waals surface area contributed by atoms with Crippen molar-refractivity contribution >= 4 is 5.78 Å². The SMILES string of the molecule is COc1c(C)cc(C(C)=O)cc1F. The maximum Gasteiger partial charge on any atom is 0.166 e. The number of hydrogen-bond acceptors (Lipinski definition) is 2. The second-order valence-electron chi connectivity index (χ2n) is 2.86. The van der Waals surface area contributed by atoms with E-state index >= 15 is 0 Å². The highest BCUT2D eigenvalue weighted by Gasteiger charge is 2.10. The van der Waals surface area contributed by atoms with Gasteiger partial charge in [-0.2, -0.15) is 0 Å². The van der Waals surface area contributed by atoms with Gasteiger partial charge in [0.05, 0.1) is 7.11 Å². The summed E-state index contributed by atoms with van der Waals surface area (Å²) in [5.74, 6) is -0.442. The highest BCUT2D eigenvalue weighted by atomic mass is 19.1. The van der Waals surface area contributed by atoms with Crippen LogP contribution in [0.5, 0.6) is 5.75 Å². The predicted octanol–water partition coefficient (Wildman–Crippen LogP) is 2.35. The Labute approximate surface area is 76.3 Å². The molecule has 2 nitrogen and oxygen atoms in total. The normalized spacial score (nSPS) is 9.85. The molecular weight excluding hydrogens is 171 g/mol. The number of hydrogen-bond donors (Lipinski definition) is 0. The average molecular weight is 182 g/mol. The molecule has 3 heteroatoms. The Morgan fingerprint density at radius 1 is 1.46 bits per heavy atom. The number of ether oxygens (including phenoxy) is 1. The summed E-state index contributed by atoms with van der Waals surface area (Å²) in [6.45, 7) is 3.11. The number of carbonyl (C=O) groups excluding carboxylic acids is 1. The second-order valence-corrected chi connectivity index (χ2v) is 2.86. The van der Waals surface area contributed by atoms with Crippen LogP contribution in [0, 0.1) is 12.7 Å². The third-order valence-electron chi connectivity index (χ3n) is 1.84. The molecule has 0 aliphatic rings. The Kier molecular flexibility index (Phi) is 2.66. The molecule has 0 radical (unpaired) electrons. The maximum absolute atomic E-state index is 13.2. The van der Waals surface area contributed by atoms with Crippen LogP contribution in [0.15, 0.2) is 12.1 Å². The summed E-state index contributed by atoms with van der Waals surface area (Å²) in [5.41, 5.74) is 1.00. The van der Waals surface area contributed by atoms with E-state index in [4.69, 9.17) is 4.74 Å². The maximum atomic E-state index is 13.2. The lowest BCUT2D eigenvalue weighted by Gasteiger charge is -2.06. The number of halogens is 1. The molecule has 0 heterocycles. The number of ketones is 1. The predicted molar refractivity (Wildman–Crippen MR) is 47.7 cm³/mol. The van der Waals surface area contributed by atoms with Crippen LogP contribution < -0.4 is 4.74 Å². The molecule has 0 fully saturated rings. The first-order chi connectivity index (χ1) is 6.06. The number of Topliss-reactive ketones (excluding diaryl/α,β-unsaturated/α-hetero) is 1. The highest BCUT2D eigenvalue weighted by molar-refractivity contribution is 5.94. The molecule has 0 unspecified atom stereocenters. The molecule has 0 amide bonds.